The number of fused-ring (bicyclic) bond motifs is 3. The Bertz CT molecular complexity index is 815. The monoisotopic (exact) mass is 366 g/mol. The van der Waals surface area contributed by atoms with E-state index in [1.165, 1.54) is 36.5 Å². The fraction of sp³-hybridized carbons (Fsp3) is 0.217. The highest BCUT2D eigenvalue weighted by molar-refractivity contribution is 5.76. The van der Waals surface area contributed by atoms with E-state index >= 15 is 0 Å². The van der Waals surface area contributed by atoms with Crippen LogP contribution in [0, 0.1) is 0 Å². The number of aliphatic hydroxyl groups is 1. The third-order valence-corrected chi connectivity index (χ3v) is 4.09. The van der Waals surface area contributed by atoms with E-state index in [1.807, 2.05) is 0 Å². The van der Waals surface area contributed by atoms with Crippen LogP contribution in [0.5, 0.6) is 17.2 Å². The van der Waals surface area contributed by atoms with E-state index in [-0.39, 0.29) is 12.4 Å². The van der Waals surface area contributed by atoms with Crippen molar-refractivity contribution < 1.29 is 19.7 Å². The molecular weight excluding hydrogens is 340 g/mol. The molecule has 0 saturated carbocycles. The number of hydrogen-bond acceptors (Lipinski definition) is 4. The quantitative estimate of drug-likeness (QED) is 0.541. The lowest BCUT2D eigenvalue weighted by molar-refractivity contribution is 0.318. The van der Waals surface area contributed by atoms with Gasteiger partial charge in [0, 0.05) is 6.61 Å². The zero-order chi connectivity index (χ0) is 19.6. The normalized spacial score (nSPS) is 10.4. The summed E-state index contributed by atoms with van der Waals surface area (Å²) in [6.07, 6.45) is 1.10. The number of aromatic hydroxyl groups is 1. The molecule has 2 N–H and O–H groups in total. The molecule has 0 aromatic heterocycles. The first-order valence-electron chi connectivity index (χ1n) is 8.83. The summed E-state index contributed by atoms with van der Waals surface area (Å²) in [7, 11) is 3.01. The first-order valence-corrected chi connectivity index (χ1v) is 8.83. The molecule has 4 rings (SSSR count). The van der Waals surface area contributed by atoms with Gasteiger partial charge in [0.25, 0.3) is 0 Å². The summed E-state index contributed by atoms with van der Waals surface area (Å²) >= 11 is 0. The van der Waals surface area contributed by atoms with Crippen molar-refractivity contribution in [2.75, 3.05) is 20.8 Å². The van der Waals surface area contributed by atoms with Crippen molar-refractivity contribution in [3.63, 3.8) is 0 Å². The lowest BCUT2D eigenvalue weighted by Gasteiger charge is -2.07. The molecule has 4 heteroatoms. The molecule has 3 aromatic rings. The highest BCUT2D eigenvalue weighted by Gasteiger charge is 2.15. The van der Waals surface area contributed by atoms with E-state index in [0.29, 0.717) is 11.5 Å². The molecule has 0 spiro atoms. The molecule has 0 amide bonds. The zero-order valence-corrected chi connectivity index (χ0v) is 16.0. The summed E-state index contributed by atoms with van der Waals surface area (Å²) < 4.78 is 9.82. The number of methoxy groups -OCH3 is 2. The number of benzene rings is 3. The van der Waals surface area contributed by atoms with Crippen LogP contribution in [0.1, 0.15) is 18.1 Å². The smallest absolute Gasteiger partial charge is 0.203 e. The highest BCUT2D eigenvalue weighted by atomic mass is 16.5. The molecule has 0 radical (unpaired) electrons. The van der Waals surface area contributed by atoms with E-state index in [2.05, 4.69) is 48.5 Å². The fourth-order valence-corrected chi connectivity index (χ4v) is 2.95. The van der Waals surface area contributed by atoms with Gasteiger partial charge < -0.3 is 19.7 Å². The molecule has 4 nitrogen and oxygen atoms in total. The second-order valence-electron chi connectivity index (χ2n) is 5.82. The molecule has 0 aliphatic heterocycles. The van der Waals surface area contributed by atoms with Crippen LogP contribution in [0.15, 0.2) is 66.7 Å². The Morgan fingerprint density at radius 1 is 0.778 bits per heavy atom. The molecular formula is C23H26O4. The number of phenolic OH excluding ortho intramolecular Hbond substituents is 1. The predicted molar refractivity (Wildman–Crippen MR) is 109 cm³/mol. The van der Waals surface area contributed by atoms with Gasteiger partial charge in [-0.1, -0.05) is 54.6 Å². The highest BCUT2D eigenvalue weighted by Crippen LogP contribution is 2.36. The van der Waals surface area contributed by atoms with Gasteiger partial charge in [-0.15, -0.1) is 0 Å². The predicted octanol–water partition coefficient (Wildman–Crippen LogP) is 4.67. The van der Waals surface area contributed by atoms with Crippen LogP contribution in [0.3, 0.4) is 0 Å². The number of phenols is 1. The van der Waals surface area contributed by atoms with E-state index in [9.17, 15) is 5.11 Å². The minimum atomic E-state index is 0.0897. The average Bonchev–Trinajstić information content (AvgIpc) is 3.07. The van der Waals surface area contributed by atoms with Crippen molar-refractivity contribution in [2.24, 2.45) is 0 Å². The Morgan fingerprint density at radius 3 is 1.74 bits per heavy atom. The molecule has 0 saturated heterocycles. The molecule has 1 aliphatic rings. The van der Waals surface area contributed by atoms with Crippen molar-refractivity contribution in [1.29, 1.82) is 0 Å². The largest absolute Gasteiger partial charge is 0.504 e. The van der Waals surface area contributed by atoms with Crippen LogP contribution in [-0.4, -0.2) is 31.0 Å². The van der Waals surface area contributed by atoms with Crippen molar-refractivity contribution in [2.45, 2.75) is 13.3 Å². The molecule has 0 bridgehead atoms. The summed E-state index contributed by atoms with van der Waals surface area (Å²) in [4.78, 5) is 0. The minimum Gasteiger partial charge on any atom is -0.504 e. The van der Waals surface area contributed by atoms with Crippen LogP contribution >= 0.6 is 0 Å². The Morgan fingerprint density at radius 2 is 1.30 bits per heavy atom. The maximum absolute atomic E-state index is 9.22. The van der Waals surface area contributed by atoms with Gasteiger partial charge in [-0.25, -0.2) is 0 Å². The van der Waals surface area contributed by atoms with E-state index in [4.69, 9.17) is 14.6 Å². The lowest BCUT2D eigenvalue weighted by Crippen LogP contribution is -1.89. The Balaban J connectivity index is 0.000000172. The van der Waals surface area contributed by atoms with Crippen LogP contribution in [0.2, 0.25) is 0 Å². The standard InChI is InChI=1S/C13H10.C8H10O3.C2H6O/c1-3-7-12-10(5-1)9-11-6-2-4-8-13(11)12;1-10-7-5-3-4-6(9)8(7)11-2;1-2-3/h1-8H,9H2;3-5,9H,1-2H3;3H,2H2,1H3. The number of hydrogen-bond donors (Lipinski definition) is 2. The van der Waals surface area contributed by atoms with Gasteiger partial charge in [-0.2, -0.15) is 0 Å². The molecule has 0 unspecified atom stereocenters. The fourth-order valence-electron chi connectivity index (χ4n) is 2.95. The van der Waals surface area contributed by atoms with Gasteiger partial charge in [-0.05, 0) is 47.7 Å². The summed E-state index contributed by atoms with van der Waals surface area (Å²) in [5.41, 5.74) is 5.75. The van der Waals surface area contributed by atoms with Gasteiger partial charge in [0.15, 0.2) is 11.5 Å². The Hall–Kier alpha value is -2.98. The van der Waals surface area contributed by atoms with Crippen molar-refractivity contribution in [1.82, 2.24) is 0 Å². The third-order valence-electron chi connectivity index (χ3n) is 4.09. The van der Waals surface area contributed by atoms with Crippen LogP contribution < -0.4 is 9.47 Å². The third kappa shape index (κ3) is 5.02. The SMILES string of the molecule is CCO.COc1cccc(O)c1OC.c1ccc2c(c1)Cc1ccccc1-2. The van der Waals surface area contributed by atoms with Crippen LogP contribution in [0.25, 0.3) is 11.1 Å². The van der Waals surface area contributed by atoms with Gasteiger partial charge in [0.2, 0.25) is 5.75 Å². The zero-order valence-electron chi connectivity index (χ0n) is 16.0. The average molecular weight is 366 g/mol. The first kappa shape index (κ1) is 20.3. The van der Waals surface area contributed by atoms with Crippen molar-refractivity contribution in [3.05, 3.63) is 77.9 Å². The molecule has 0 heterocycles. The second-order valence-corrected chi connectivity index (χ2v) is 5.82. The number of rotatable bonds is 2. The number of aliphatic hydroxyl groups excluding tert-OH is 1. The van der Waals surface area contributed by atoms with Gasteiger partial charge in [0.1, 0.15) is 0 Å². The number of para-hydroxylation sites is 1. The number of ether oxygens (including phenoxy) is 2. The second kappa shape index (κ2) is 10.2. The summed E-state index contributed by atoms with van der Waals surface area (Å²) in [6, 6.07) is 22.3. The van der Waals surface area contributed by atoms with Crippen molar-refractivity contribution in [3.8, 4) is 28.4 Å². The van der Waals surface area contributed by atoms with E-state index in [1.54, 1.807) is 25.1 Å². The maximum Gasteiger partial charge on any atom is 0.203 e. The molecule has 0 fully saturated rings. The molecule has 27 heavy (non-hydrogen) atoms. The van der Waals surface area contributed by atoms with Gasteiger partial charge in [0.05, 0.1) is 14.2 Å². The molecule has 0 atom stereocenters. The van der Waals surface area contributed by atoms with Gasteiger partial charge in [-0.3, -0.25) is 0 Å². The lowest BCUT2D eigenvalue weighted by atomic mass is 10.1. The Kier molecular flexibility index (Phi) is 7.71. The summed E-state index contributed by atoms with van der Waals surface area (Å²) in [5, 5.41) is 16.8. The van der Waals surface area contributed by atoms with Gasteiger partial charge >= 0.3 is 0 Å². The minimum absolute atomic E-state index is 0.0897. The Labute approximate surface area is 160 Å². The molecule has 3 aromatic carbocycles. The topological polar surface area (TPSA) is 58.9 Å². The summed E-state index contributed by atoms with van der Waals surface area (Å²) in [6.45, 7) is 1.93. The van der Waals surface area contributed by atoms with E-state index in [0.717, 1.165) is 6.42 Å². The van der Waals surface area contributed by atoms with Crippen LogP contribution in [0.4, 0.5) is 0 Å². The first-order chi connectivity index (χ1) is 13.2. The summed E-state index contributed by atoms with van der Waals surface area (Å²) in [5.74, 6) is 0.995. The van der Waals surface area contributed by atoms with Crippen LogP contribution in [-0.2, 0) is 6.42 Å². The molecule has 1 aliphatic carbocycles. The molecule has 142 valence electrons. The van der Waals surface area contributed by atoms with E-state index < -0.39 is 0 Å². The maximum atomic E-state index is 9.22. The van der Waals surface area contributed by atoms with Crippen molar-refractivity contribution >= 4 is 0 Å².